The highest BCUT2D eigenvalue weighted by molar-refractivity contribution is 8.13. The summed E-state index contributed by atoms with van der Waals surface area (Å²) in [6.07, 6.45) is 2.73. The van der Waals surface area contributed by atoms with E-state index < -0.39 is 9.05 Å². The van der Waals surface area contributed by atoms with Crippen LogP contribution in [0.15, 0.2) is 29.2 Å². The molecule has 21 heavy (non-hydrogen) atoms. The maximum Gasteiger partial charge on any atom is 0.306 e. The van der Waals surface area contributed by atoms with Gasteiger partial charge in [-0.05, 0) is 42.9 Å². The molecule has 0 aliphatic carbocycles. The number of hydrogen-bond donors (Lipinski definition) is 0. The molecule has 0 N–H and O–H groups in total. The first-order chi connectivity index (χ1) is 9.79. The number of ether oxygens (including phenoxy) is 1. The predicted molar refractivity (Wildman–Crippen MR) is 82.8 cm³/mol. The van der Waals surface area contributed by atoms with Crippen LogP contribution in [0.25, 0.3) is 0 Å². The van der Waals surface area contributed by atoms with Crippen molar-refractivity contribution in [2.45, 2.75) is 44.4 Å². The van der Waals surface area contributed by atoms with E-state index in [1.807, 2.05) is 0 Å². The molecule has 1 aromatic rings. The number of aryl methyl sites for hydroxylation is 1. The molecule has 0 saturated heterocycles. The Balaban J connectivity index is 2.33. The van der Waals surface area contributed by atoms with E-state index in [-0.39, 0.29) is 17.3 Å². The molecule has 0 heterocycles. The number of esters is 1. The first-order valence-electron chi connectivity index (χ1n) is 6.98. The van der Waals surface area contributed by atoms with Crippen LogP contribution < -0.4 is 0 Å². The van der Waals surface area contributed by atoms with Crippen molar-refractivity contribution in [1.29, 1.82) is 0 Å². The highest BCUT2D eigenvalue weighted by Gasteiger charge is 2.09. The average Bonchev–Trinajstić information content (AvgIpc) is 2.40. The van der Waals surface area contributed by atoms with Crippen LogP contribution in [0.1, 0.15) is 38.7 Å². The topological polar surface area (TPSA) is 60.4 Å². The lowest BCUT2D eigenvalue weighted by Crippen LogP contribution is -2.07. The molecular formula is C15H21ClO4S. The van der Waals surface area contributed by atoms with Gasteiger partial charge in [-0.3, -0.25) is 4.79 Å². The molecule has 0 amide bonds. The number of rotatable bonds is 8. The molecule has 6 heteroatoms. The second kappa shape index (κ2) is 8.39. The van der Waals surface area contributed by atoms with Gasteiger partial charge in [0.05, 0.1) is 11.5 Å². The van der Waals surface area contributed by atoms with E-state index in [9.17, 15) is 13.2 Å². The van der Waals surface area contributed by atoms with E-state index in [0.717, 1.165) is 18.4 Å². The average molecular weight is 333 g/mol. The largest absolute Gasteiger partial charge is 0.466 e. The van der Waals surface area contributed by atoms with Crippen LogP contribution in [0.4, 0.5) is 0 Å². The van der Waals surface area contributed by atoms with Gasteiger partial charge in [0.25, 0.3) is 9.05 Å². The summed E-state index contributed by atoms with van der Waals surface area (Å²) < 4.78 is 27.3. The highest BCUT2D eigenvalue weighted by Crippen LogP contribution is 2.16. The Morgan fingerprint density at radius 2 is 1.86 bits per heavy atom. The second-order valence-corrected chi connectivity index (χ2v) is 7.90. The molecule has 0 aliphatic rings. The van der Waals surface area contributed by atoms with Crippen molar-refractivity contribution in [3.05, 3.63) is 29.8 Å². The van der Waals surface area contributed by atoms with Crippen molar-refractivity contribution < 1.29 is 17.9 Å². The monoisotopic (exact) mass is 332 g/mol. The molecule has 0 aliphatic heterocycles. The Morgan fingerprint density at radius 1 is 1.24 bits per heavy atom. The van der Waals surface area contributed by atoms with E-state index in [1.165, 1.54) is 12.1 Å². The Hall–Kier alpha value is -1.07. The van der Waals surface area contributed by atoms with Crippen LogP contribution in [-0.4, -0.2) is 21.0 Å². The number of carbonyl (C=O) groups excluding carboxylic acids is 1. The van der Waals surface area contributed by atoms with Crippen LogP contribution in [0.3, 0.4) is 0 Å². The van der Waals surface area contributed by atoms with E-state index >= 15 is 0 Å². The minimum Gasteiger partial charge on any atom is -0.466 e. The van der Waals surface area contributed by atoms with E-state index in [0.29, 0.717) is 18.9 Å². The van der Waals surface area contributed by atoms with Gasteiger partial charge in [0, 0.05) is 17.1 Å². The summed E-state index contributed by atoms with van der Waals surface area (Å²) in [6, 6.07) is 6.18. The third-order valence-corrected chi connectivity index (χ3v) is 4.38. The Labute approximate surface area is 130 Å². The summed E-state index contributed by atoms with van der Waals surface area (Å²) in [5.74, 6) is 0.383. The summed E-state index contributed by atoms with van der Waals surface area (Å²) in [6.45, 7) is 4.72. The first kappa shape index (κ1) is 18.0. The van der Waals surface area contributed by atoms with Crippen LogP contribution in [0, 0.1) is 5.92 Å². The Morgan fingerprint density at radius 3 is 2.38 bits per heavy atom. The van der Waals surface area contributed by atoms with Crippen LogP contribution in [-0.2, 0) is 25.0 Å². The molecule has 0 atom stereocenters. The fraction of sp³-hybridized carbons (Fsp3) is 0.533. The summed E-state index contributed by atoms with van der Waals surface area (Å²) in [5, 5.41) is 0. The molecule has 4 nitrogen and oxygen atoms in total. The molecule has 0 radical (unpaired) electrons. The van der Waals surface area contributed by atoms with Crippen molar-refractivity contribution in [2.75, 3.05) is 6.61 Å². The van der Waals surface area contributed by atoms with Crippen molar-refractivity contribution in [3.63, 3.8) is 0 Å². The van der Waals surface area contributed by atoms with Crippen molar-refractivity contribution in [2.24, 2.45) is 5.92 Å². The van der Waals surface area contributed by atoms with Gasteiger partial charge < -0.3 is 4.74 Å². The fourth-order valence-electron chi connectivity index (χ4n) is 1.81. The molecule has 0 unspecified atom stereocenters. The fourth-order valence-corrected chi connectivity index (χ4v) is 2.58. The van der Waals surface area contributed by atoms with Gasteiger partial charge >= 0.3 is 5.97 Å². The zero-order valence-corrected chi connectivity index (χ0v) is 13.9. The second-order valence-electron chi connectivity index (χ2n) is 5.34. The molecule has 0 spiro atoms. The van der Waals surface area contributed by atoms with Gasteiger partial charge in [-0.2, -0.15) is 0 Å². The molecule has 118 valence electrons. The smallest absolute Gasteiger partial charge is 0.306 e. The zero-order chi connectivity index (χ0) is 15.9. The molecular weight excluding hydrogens is 312 g/mol. The van der Waals surface area contributed by atoms with E-state index in [2.05, 4.69) is 13.8 Å². The normalized spacial score (nSPS) is 11.6. The number of benzene rings is 1. The number of carbonyl (C=O) groups is 1. The van der Waals surface area contributed by atoms with Crippen molar-refractivity contribution in [3.8, 4) is 0 Å². The van der Waals surface area contributed by atoms with Gasteiger partial charge in [-0.25, -0.2) is 8.42 Å². The van der Waals surface area contributed by atoms with E-state index in [1.54, 1.807) is 12.1 Å². The van der Waals surface area contributed by atoms with Gasteiger partial charge in [-0.15, -0.1) is 0 Å². The Kier molecular flexibility index (Phi) is 7.18. The minimum absolute atomic E-state index is 0.0594. The summed E-state index contributed by atoms with van der Waals surface area (Å²) in [5.41, 5.74) is 0.873. The molecule has 1 rings (SSSR count). The third-order valence-electron chi connectivity index (χ3n) is 3.01. The molecule has 1 aromatic carbocycles. The summed E-state index contributed by atoms with van der Waals surface area (Å²) >= 11 is 0. The summed E-state index contributed by atoms with van der Waals surface area (Å²) in [7, 11) is 1.54. The number of halogens is 1. The molecule has 0 fully saturated rings. The van der Waals surface area contributed by atoms with E-state index in [4.69, 9.17) is 15.4 Å². The zero-order valence-electron chi connectivity index (χ0n) is 12.3. The maximum atomic E-state index is 11.5. The predicted octanol–water partition coefficient (Wildman–Crippen LogP) is 3.53. The third kappa shape index (κ3) is 7.48. The highest BCUT2D eigenvalue weighted by atomic mass is 35.7. The molecule has 0 saturated carbocycles. The molecule has 0 bridgehead atoms. The van der Waals surface area contributed by atoms with Crippen molar-refractivity contribution in [1.82, 2.24) is 0 Å². The van der Waals surface area contributed by atoms with Gasteiger partial charge in [-0.1, -0.05) is 26.0 Å². The van der Waals surface area contributed by atoms with Gasteiger partial charge in [0.15, 0.2) is 0 Å². The summed E-state index contributed by atoms with van der Waals surface area (Å²) in [4.78, 5) is 11.6. The lowest BCUT2D eigenvalue weighted by atomic mass is 10.1. The maximum absolute atomic E-state index is 11.5. The number of hydrogen-bond acceptors (Lipinski definition) is 4. The Bertz CT molecular complexity index is 550. The SMILES string of the molecule is CC(C)CCCOC(=O)CCc1ccc(S(=O)(=O)Cl)cc1. The lowest BCUT2D eigenvalue weighted by molar-refractivity contribution is -0.143. The first-order valence-corrected chi connectivity index (χ1v) is 9.29. The van der Waals surface area contributed by atoms with Gasteiger partial charge in [0.1, 0.15) is 0 Å². The lowest BCUT2D eigenvalue weighted by Gasteiger charge is -2.06. The van der Waals surface area contributed by atoms with Gasteiger partial charge in [0.2, 0.25) is 0 Å². The van der Waals surface area contributed by atoms with Crippen LogP contribution in [0.5, 0.6) is 0 Å². The quantitative estimate of drug-likeness (QED) is 0.415. The minimum atomic E-state index is -3.69. The van der Waals surface area contributed by atoms with Crippen LogP contribution in [0.2, 0.25) is 0 Å². The van der Waals surface area contributed by atoms with Crippen molar-refractivity contribution >= 4 is 25.7 Å². The molecule has 0 aromatic heterocycles. The standard InChI is InChI=1S/C15H21ClO4S/c1-12(2)4-3-11-20-15(17)10-7-13-5-8-14(9-6-13)21(16,18)19/h5-6,8-9,12H,3-4,7,10-11H2,1-2H3. The van der Waals surface area contributed by atoms with Crippen LogP contribution >= 0.6 is 10.7 Å².